The van der Waals surface area contributed by atoms with Gasteiger partial charge in [0.05, 0.1) is 5.54 Å². The lowest BCUT2D eigenvalue weighted by Crippen LogP contribution is -2.48. The molecule has 2 unspecified atom stereocenters. The number of nitrogen functional groups attached to an aromatic ring is 1. The summed E-state index contributed by atoms with van der Waals surface area (Å²) in [5.74, 6) is 0.945. The SMILES string of the molecule is CC(C)(C)OC(=O)N(C(=O)OC(C)(C)C)C1=NC2(c3cc(N)cc(Cl)c3)CCCC2CS1. The molecule has 0 radical (unpaired) electrons. The monoisotopic (exact) mass is 481 g/mol. The third-order valence-corrected chi connectivity index (χ3v) is 6.58. The summed E-state index contributed by atoms with van der Waals surface area (Å²) in [6, 6.07) is 5.45. The molecule has 32 heavy (non-hydrogen) atoms. The predicted octanol–water partition coefficient (Wildman–Crippen LogP) is 6.19. The number of aliphatic imine (C=N–C) groups is 1. The molecule has 0 spiro atoms. The highest BCUT2D eigenvalue weighted by Gasteiger charge is 2.49. The Kier molecular flexibility index (Phi) is 6.78. The van der Waals surface area contributed by atoms with E-state index in [4.69, 9.17) is 31.8 Å². The van der Waals surface area contributed by atoms with E-state index < -0.39 is 28.9 Å². The first kappa shape index (κ1) is 24.7. The molecule has 3 rings (SSSR count). The van der Waals surface area contributed by atoms with Gasteiger partial charge in [0.15, 0.2) is 5.17 Å². The van der Waals surface area contributed by atoms with Crippen molar-refractivity contribution in [2.24, 2.45) is 10.9 Å². The predicted molar refractivity (Wildman–Crippen MR) is 129 cm³/mol. The van der Waals surface area contributed by atoms with Crippen LogP contribution in [0.4, 0.5) is 15.3 Å². The third-order valence-electron chi connectivity index (χ3n) is 5.26. The highest BCUT2D eigenvalue weighted by atomic mass is 35.5. The number of fused-ring (bicyclic) bond motifs is 1. The Hall–Kier alpha value is -1.93. The molecule has 1 saturated carbocycles. The van der Waals surface area contributed by atoms with Crippen LogP contribution in [0.2, 0.25) is 5.02 Å². The molecular weight excluding hydrogens is 450 g/mol. The fourth-order valence-corrected chi connectivity index (χ4v) is 5.62. The summed E-state index contributed by atoms with van der Waals surface area (Å²) >= 11 is 7.68. The highest BCUT2D eigenvalue weighted by molar-refractivity contribution is 8.13. The van der Waals surface area contributed by atoms with Crippen molar-refractivity contribution in [2.45, 2.75) is 77.5 Å². The Labute approximate surface area is 199 Å². The third kappa shape index (κ3) is 5.52. The number of halogens is 1. The number of thioether (sulfide) groups is 1. The molecule has 1 aliphatic carbocycles. The van der Waals surface area contributed by atoms with E-state index in [0.717, 1.165) is 29.7 Å². The summed E-state index contributed by atoms with van der Waals surface area (Å²) in [6.07, 6.45) is 1.13. The number of imide groups is 1. The Bertz CT molecular complexity index is 890. The quantitative estimate of drug-likeness (QED) is 0.480. The number of nitrogens with two attached hydrogens (primary N) is 1. The second-order valence-corrected chi connectivity index (χ2v) is 11.7. The molecule has 1 aromatic carbocycles. The van der Waals surface area contributed by atoms with E-state index in [0.29, 0.717) is 16.5 Å². The maximum atomic E-state index is 13.1. The molecule has 7 nitrogen and oxygen atoms in total. The van der Waals surface area contributed by atoms with Gasteiger partial charge in [-0.3, -0.25) is 0 Å². The number of anilines is 1. The van der Waals surface area contributed by atoms with Crippen LogP contribution < -0.4 is 5.73 Å². The van der Waals surface area contributed by atoms with Gasteiger partial charge < -0.3 is 15.2 Å². The molecular formula is C23H32ClN3O4S. The van der Waals surface area contributed by atoms with Crippen LogP contribution in [0.5, 0.6) is 0 Å². The van der Waals surface area contributed by atoms with Crippen LogP contribution in [0, 0.1) is 5.92 Å². The Morgan fingerprint density at radius 1 is 1.12 bits per heavy atom. The van der Waals surface area contributed by atoms with Crippen molar-refractivity contribution in [1.29, 1.82) is 0 Å². The summed E-state index contributed by atoms with van der Waals surface area (Å²) in [4.78, 5) is 32.1. The van der Waals surface area contributed by atoms with Gasteiger partial charge in [-0.2, -0.15) is 4.90 Å². The first-order valence-corrected chi connectivity index (χ1v) is 12.1. The number of hydrogen-bond acceptors (Lipinski definition) is 7. The molecule has 0 bridgehead atoms. The number of amidine groups is 1. The minimum absolute atomic E-state index is 0.244. The molecule has 0 aromatic heterocycles. The minimum Gasteiger partial charge on any atom is -0.443 e. The van der Waals surface area contributed by atoms with Gasteiger partial charge in [-0.05, 0) is 84.1 Å². The van der Waals surface area contributed by atoms with Crippen molar-refractivity contribution < 1.29 is 19.1 Å². The fraction of sp³-hybridized carbons (Fsp3) is 0.609. The summed E-state index contributed by atoms with van der Waals surface area (Å²) < 4.78 is 11.1. The second-order valence-electron chi connectivity index (χ2n) is 10.3. The molecule has 9 heteroatoms. The molecule has 0 saturated heterocycles. The van der Waals surface area contributed by atoms with Gasteiger partial charge >= 0.3 is 12.2 Å². The Balaban J connectivity index is 2.09. The number of hydrogen-bond donors (Lipinski definition) is 1. The molecule has 2 N–H and O–H groups in total. The van der Waals surface area contributed by atoms with Crippen molar-refractivity contribution in [3.63, 3.8) is 0 Å². The van der Waals surface area contributed by atoms with Gasteiger partial charge in [-0.15, -0.1) is 0 Å². The lowest BCUT2D eigenvalue weighted by Gasteiger charge is -2.39. The van der Waals surface area contributed by atoms with Crippen LogP contribution >= 0.6 is 23.4 Å². The lowest BCUT2D eigenvalue weighted by atomic mass is 9.81. The highest BCUT2D eigenvalue weighted by Crippen LogP contribution is 2.52. The van der Waals surface area contributed by atoms with Gasteiger partial charge in [0.1, 0.15) is 11.2 Å². The molecule has 1 heterocycles. The van der Waals surface area contributed by atoms with Gasteiger partial charge in [0, 0.05) is 16.5 Å². The molecule has 2 atom stereocenters. The normalized spacial score (nSPS) is 23.2. The number of benzene rings is 1. The van der Waals surface area contributed by atoms with Crippen molar-refractivity contribution in [3.05, 3.63) is 28.8 Å². The molecule has 1 aliphatic heterocycles. The number of carbonyl (C=O) groups is 2. The smallest absolute Gasteiger partial charge is 0.426 e. The largest absolute Gasteiger partial charge is 0.443 e. The summed E-state index contributed by atoms with van der Waals surface area (Å²) in [5.41, 5.74) is 5.35. The molecule has 1 aromatic rings. The Morgan fingerprint density at radius 3 is 2.25 bits per heavy atom. The van der Waals surface area contributed by atoms with Crippen molar-refractivity contribution in [2.75, 3.05) is 11.5 Å². The second kappa shape index (κ2) is 8.78. The zero-order chi connectivity index (χ0) is 23.9. The summed E-state index contributed by atoms with van der Waals surface area (Å²) in [5, 5.41) is 0.802. The topological polar surface area (TPSA) is 94.2 Å². The van der Waals surface area contributed by atoms with Gasteiger partial charge in [0.25, 0.3) is 0 Å². The van der Waals surface area contributed by atoms with Crippen LogP contribution in [0.15, 0.2) is 23.2 Å². The molecule has 2 aliphatic rings. The van der Waals surface area contributed by atoms with Crippen LogP contribution in [0.3, 0.4) is 0 Å². The van der Waals surface area contributed by atoms with Crippen molar-refractivity contribution in [1.82, 2.24) is 4.90 Å². The number of ether oxygens (including phenoxy) is 2. The van der Waals surface area contributed by atoms with E-state index in [2.05, 4.69) is 0 Å². The van der Waals surface area contributed by atoms with Gasteiger partial charge in [-0.1, -0.05) is 29.8 Å². The van der Waals surface area contributed by atoms with Gasteiger partial charge in [0.2, 0.25) is 0 Å². The van der Waals surface area contributed by atoms with E-state index >= 15 is 0 Å². The molecule has 2 amide bonds. The van der Waals surface area contributed by atoms with Gasteiger partial charge in [-0.25, -0.2) is 14.6 Å². The standard InChI is InChI=1S/C23H32ClN3O4S/c1-21(2,3)30-19(28)27(20(29)31-22(4,5)6)18-26-23(9-7-8-14(23)13-32-18)15-10-16(24)12-17(25)11-15/h10-12,14H,7-9,13,25H2,1-6H3. The zero-order valence-electron chi connectivity index (χ0n) is 19.5. The van der Waals surface area contributed by atoms with E-state index in [1.54, 1.807) is 47.6 Å². The average Bonchev–Trinajstić information content (AvgIpc) is 3.02. The molecule has 176 valence electrons. The fourth-order valence-electron chi connectivity index (χ4n) is 4.07. The van der Waals surface area contributed by atoms with E-state index in [1.807, 2.05) is 12.1 Å². The number of nitrogens with zero attached hydrogens (tertiary/aromatic N) is 2. The zero-order valence-corrected chi connectivity index (χ0v) is 21.1. The average molecular weight is 482 g/mol. The van der Waals surface area contributed by atoms with E-state index in [9.17, 15) is 9.59 Å². The number of rotatable bonds is 1. The maximum absolute atomic E-state index is 13.1. The summed E-state index contributed by atoms with van der Waals surface area (Å²) in [6.45, 7) is 10.5. The summed E-state index contributed by atoms with van der Waals surface area (Å²) in [7, 11) is 0. The van der Waals surface area contributed by atoms with Crippen molar-refractivity contribution in [3.8, 4) is 0 Å². The first-order chi connectivity index (χ1) is 14.7. The molecule has 1 fully saturated rings. The van der Waals surface area contributed by atoms with Crippen molar-refractivity contribution >= 4 is 46.4 Å². The van der Waals surface area contributed by atoms with Crippen LogP contribution in [0.1, 0.15) is 66.4 Å². The number of amides is 2. The van der Waals surface area contributed by atoms with E-state index in [-0.39, 0.29) is 11.1 Å². The number of carbonyl (C=O) groups excluding carboxylic acids is 2. The Morgan fingerprint density at radius 2 is 1.72 bits per heavy atom. The minimum atomic E-state index is -0.810. The van der Waals surface area contributed by atoms with E-state index in [1.165, 1.54) is 11.8 Å². The van der Waals surface area contributed by atoms with Crippen LogP contribution in [0.25, 0.3) is 0 Å². The maximum Gasteiger partial charge on any atom is 0.426 e. The van der Waals surface area contributed by atoms with Crippen LogP contribution in [-0.2, 0) is 15.0 Å². The van der Waals surface area contributed by atoms with Crippen LogP contribution in [-0.4, -0.2) is 39.2 Å². The first-order valence-electron chi connectivity index (χ1n) is 10.8. The lowest BCUT2D eigenvalue weighted by molar-refractivity contribution is 0.0150.